The molecule has 0 bridgehead atoms. The van der Waals surface area contributed by atoms with Crippen molar-refractivity contribution in [2.75, 3.05) is 6.61 Å². The van der Waals surface area contributed by atoms with Crippen molar-refractivity contribution in [1.29, 1.82) is 0 Å². The second-order valence-corrected chi connectivity index (χ2v) is 5.38. The lowest BCUT2D eigenvalue weighted by Gasteiger charge is -2.06. The third kappa shape index (κ3) is 3.34. The van der Waals surface area contributed by atoms with Gasteiger partial charge in [0, 0.05) is 0 Å². The minimum Gasteiger partial charge on any atom is -0.459 e. The maximum atomic E-state index is 13.7. The molecule has 26 heavy (non-hydrogen) atoms. The molecule has 0 fully saturated rings. The van der Waals surface area contributed by atoms with Gasteiger partial charge in [0.15, 0.2) is 12.3 Å². The molecule has 0 atom stereocenters. The van der Waals surface area contributed by atoms with Crippen LogP contribution in [0, 0.1) is 5.82 Å². The summed E-state index contributed by atoms with van der Waals surface area (Å²) in [6, 6.07) is 2.62. The molecule has 0 saturated carbocycles. The van der Waals surface area contributed by atoms with E-state index in [1.165, 1.54) is 6.07 Å². The Hall–Kier alpha value is -2.69. The molecule has 2 heterocycles. The lowest BCUT2D eigenvalue weighted by Crippen LogP contribution is -2.21. The van der Waals surface area contributed by atoms with Crippen molar-refractivity contribution >= 4 is 17.2 Å². The first-order chi connectivity index (χ1) is 12.3. The smallest absolute Gasteiger partial charge is 0.352 e. The van der Waals surface area contributed by atoms with Crippen LogP contribution in [0.3, 0.4) is 0 Å². The number of ether oxygens (including phenoxy) is 1. The van der Waals surface area contributed by atoms with E-state index in [0.717, 1.165) is 12.1 Å². The van der Waals surface area contributed by atoms with E-state index in [0.29, 0.717) is 4.52 Å². The van der Waals surface area contributed by atoms with E-state index >= 15 is 0 Å². The second kappa shape index (κ2) is 6.90. The Bertz CT molecular complexity index is 1020. The maximum Gasteiger partial charge on any atom is 0.352 e. The monoisotopic (exact) mass is 394 g/mol. The van der Waals surface area contributed by atoms with Crippen molar-refractivity contribution in [3.05, 3.63) is 45.2 Å². The van der Waals surface area contributed by atoms with Crippen LogP contribution in [-0.4, -0.2) is 32.6 Å². The molecule has 3 rings (SSSR count). The summed E-state index contributed by atoms with van der Waals surface area (Å²) in [6.07, 6.45) is -5.96. The average Bonchev–Trinajstić information content (AvgIpc) is 2.96. The fraction of sp³-hybridized carbons (Fsp3) is 0.214. The number of aromatic amines is 1. The quantitative estimate of drug-likeness (QED) is 0.673. The molecule has 1 aromatic carbocycles. The predicted molar refractivity (Wildman–Crippen MR) is 80.5 cm³/mol. The molecular formula is C14H8ClF5N4O2. The SMILES string of the molecule is O=c1[nH]c(OCC(F)F)nc2c(-c3ccc(Cl)c(F)c3)c(C(F)F)nn12. The van der Waals surface area contributed by atoms with Gasteiger partial charge in [0.2, 0.25) is 0 Å². The Morgan fingerprint density at radius 2 is 2.00 bits per heavy atom. The van der Waals surface area contributed by atoms with E-state index < -0.39 is 48.3 Å². The molecule has 0 unspecified atom stereocenters. The number of nitrogens with zero attached hydrogens (tertiary/aromatic N) is 3. The van der Waals surface area contributed by atoms with E-state index in [2.05, 4.69) is 14.8 Å². The Morgan fingerprint density at radius 3 is 2.62 bits per heavy atom. The highest BCUT2D eigenvalue weighted by molar-refractivity contribution is 6.30. The zero-order valence-corrected chi connectivity index (χ0v) is 13.3. The standard InChI is InChI=1S/C14H8ClF5N4O2/c15-6-2-1-5(3-7(6)16)9-10(11(19)20)23-24-12(9)21-13(22-14(24)25)26-4-8(17)18/h1-3,8,11H,4H2,(H,21,22,25). The Kier molecular flexibility index (Phi) is 4.81. The van der Waals surface area contributed by atoms with Crippen molar-refractivity contribution in [2.45, 2.75) is 12.9 Å². The predicted octanol–water partition coefficient (Wildman–Crippen LogP) is 3.46. The number of rotatable bonds is 5. The highest BCUT2D eigenvalue weighted by Gasteiger charge is 2.25. The van der Waals surface area contributed by atoms with E-state index in [4.69, 9.17) is 11.6 Å². The van der Waals surface area contributed by atoms with Gasteiger partial charge in [0.25, 0.3) is 18.9 Å². The van der Waals surface area contributed by atoms with Gasteiger partial charge in [0.05, 0.1) is 10.6 Å². The molecular weight excluding hydrogens is 387 g/mol. The molecule has 0 spiro atoms. The average molecular weight is 395 g/mol. The summed E-state index contributed by atoms with van der Waals surface area (Å²) in [7, 11) is 0. The van der Waals surface area contributed by atoms with Crippen molar-refractivity contribution < 1.29 is 26.7 Å². The second-order valence-electron chi connectivity index (χ2n) is 4.97. The van der Waals surface area contributed by atoms with Crippen LogP contribution in [0.1, 0.15) is 12.1 Å². The molecule has 0 aliphatic rings. The summed E-state index contributed by atoms with van der Waals surface area (Å²) in [5.41, 5.74) is -2.70. The van der Waals surface area contributed by atoms with Crippen LogP contribution in [0.25, 0.3) is 16.8 Å². The van der Waals surface area contributed by atoms with Crippen LogP contribution in [0.5, 0.6) is 6.01 Å². The van der Waals surface area contributed by atoms with Gasteiger partial charge in [-0.2, -0.15) is 14.6 Å². The molecule has 6 nitrogen and oxygen atoms in total. The molecule has 138 valence electrons. The van der Waals surface area contributed by atoms with Crippen molar-refractivity contribution in [3.63, 3.8) is 0 Å². The summed E-state index contributed by atoms with van der Waals surface area (Å²) in [4.78, 5) is 17.7. The molecule has 0 aliphatic heterocycles. The first-order valence-corrected chi connectivity index (χ1v) is 7.33. The summed E-state index contributed by atoms with van der Waals surface area (Å²) >= 11 is 5.58. The van der Waals surface area contributed by atoms with E-state index in [1.807, 2.05) is 4.98 Å². The maximum absolute atomic E-state index is 13.7. The van der Waals surface area contributed by atoms with Crippen LogP contribution in [-0.2, 0) is 0 Å². The van der Waals surface area contributed by atoms with Gasteiger partial charge in [0.1, 0.15) is 11.5 Å². The Morgan fingerprint density at radius 1 is 1.27 bits per heavy atom. The first-order valence-electron chi connectivity index (χ1n) is 6.95. The highest BCUT2D eigenvalue weighted by Crippen LogP contribution is 2.34. The first kappa shape index (κ1) is 18.1. The van der Waals surface area contributed by atoms with Gasteiger partial charge < -0.3 is 4.74 Å². The molecule has 1 N–H and O–H groups in total. The number of hydrogen-bond acceptors (Lipinski definition) is 4. The van der Waals surface area contributed by atoms with Gasteiger partial charge >= 0.3 is 5.69 Å². The summed E-state index contributed by atoms with van der Waals surface area (Å²) < 4.78 is 70.1. The normalized spacial score (nSPS) is 11.7. The van der Waals surface area contributed by atoms with Gasteiger partial charge in [-0.25, -0.2) is 26.7 Å². The Labute approximate surface area is 146 Å². The van der Waals surface area contributed by atoms with Crippen molar-refractivity contribution in [3.8, 4) is 17.1 Å². The van der Waals surface area contributed by atoms with E-state index in [-0.39, 0.29) is 16.1 Å². The molecule has 0 radical (unpaired) electrons. The fourth-order valence-corrected chi connectivity index (χ4v) is 2.35. The fourth-order valence-electron chi connectivity index (χ4n) is 2.23. The molecule has 0 aliphatic carbocycles. The van der Waals surface area contributed by atoms with Crippen LogP contribution in [0.2, 0.25) is 5.02 Å². The molecule has 0 amide bonds. The number of nitrogens with one attached hydrogen (secondary N) is 1. The minimum absolute atomic E-state index is 0.0740. The van der Waals surface area contributed by atoms with Crippen LogP contribution in [0.4, 0.5) is 22.0 Å². The van der Waals surface area contributed by atoms with Gasteiger partial charge in [-0.3, -0.25) is 4.98 Å². The zero-order valence-electron chi connectivity index (χ0n) is 12.5. The van der Waals surface area contributed by atoms with E-state index in [9.17, 15) is 26.7 Å². The van der Waals surface area contributed by atoms with Gasteiger partial charge in [-0.15, -0.1) is 0 Å². The number of H-pyrrole nitrogens is 1. The third-order valence-electron chi connectivity index (χ3n) is 3.26. The van der Waals surface area contributed by atoms with Crippen molar-refractivity contribution in [1.82, 2.24) is 19.6 Å². The molecule has 2 aromatic heterocycles. The number of benzene rings is 1. The lowest BCUT2D eigenvalue weighted by atomic mass is 10.1. The number of halogens is 6. The van der Waals surface area contributed by atoms with E-state index in [1.54, 1.807) is 0 Å². The van der Waals surface area contributed by atoms with Crippen LogP contribution in [0.15, 0.2) is 23.0 Å². The third-order valence-corrected chi connectivity index (χ3v) is 3.57. The number of fused-ring (bicyclic) bond motifs is 1. The number of aromatic nitrogens is 4. The Balaban J connectivity index is 2.25. The van der Waals surface area contributed by atoms with Crippen LogP contribution >= 0.6 is 11.6 Å². The minimum atomic E-state index is -3.12. The molecule has 0 saturated heterocycles. The summed E-state index contributed by atoms with van der Waals surface area (Å²) in [6.45, 7) is -1.07. The highest BCUT2D eigenvalue weighted by atomic mass is 35.5. The largest absolute Gasteiger partial charge is 0.459 e. The summed E-state index contributed by atoms with van der Waals surface area (Å²) in [5, 5.41) is 3.24. The molecule has 3 aromatic rings. The molecule has 12 heteroatoms. The zero-order chi connectivity index (χ0) is 19.0. The lowest BCUT2D eigenvalue weighted by molar-refractivity contribution is 0.0768. The summed E-state index contributed by atoms with van der Waals surface area (Å²) in [5.74, 6) is -0.886. The number of hydrogen-bond donors (Lipinski definition) is 1. The number of alkyl halides is 4. The topological polar surface area (TPSA) is 72.3 Å². The van der Waals surface area contributed by atoms with Gasteiger partial charge in [-0.1, -0.05) is 17.7 Å². The van der Waals surface area contributed by atoms with Gasteiger partial charge in [-0.05, 0) is 17.7 Å². The van der Waals surface area contributed by atoms with Crippen molar-refractivity contribution in [2.24, 2.45) is 0 Å². The van der Waals surface area contributed by atoms with Crippen LogP contribution < -0.4 is 10.4 Å².